The zero-order chi connectivity index (χ0) is 36.1. The van der Waals surface area contributed by atoms with Crippen LogP contribution in [0.15, 0.2) is 137 Å². The largest absolute Gasteiger partial charge is 0.477 e. The highest BCUT2D eigenvalue weighted by Crippen LogP contribution is 2.44. The third-order valence-corrected chi connectivity index (χ3v) is 12.0. The van der Waals surface area contributed by atoms with Crippen LogP contribution in [0.2, 0.25) is 0 Å². The molecule has 1 fully saturated rings. The molecule has 2 unspecified atom stereocenters. The second kappa shape index (κ2) is 15.6. The van der Waals surface area contributed by atoms with E-state index < -0.39 is 47.3 Å². The summed E-state index contributed by atoms with van der Waals surface area (Å²) >= 11 is 3.93. The third kappa shape index (κ3) is 6.87. The number of anilines is 1. The van der Waals surface area contributed by atoms with E-state index in [-0.39, 0.29) is 5.70 Å². The maximum atomic E-state index is 13.7. The lowest BCUT2D eigenvalue weighted by Gasteiger charge is -2.49. The molecule has 5 aromatic rings. The van der Waals surface area contributed by atoms with Gasteiger partial charge < -0.3 is 20.8 Å². The summed E-state index contributed by atoms with van der Waals surface area (Å²) in [6.45, 7) is -0.539. The average molecular weight is 748 g/mol. The van der Waals surface area contributed by atoms with Gasteiger partial charge in [0, 0.05) is 28.4 Å². The molecule has 0 bridgehead atoms. The number of aliphatic carboxylic acids is 1. The van der Waals surface area contributed by atoms with E-state index >= 15 is 0 Å². The van der Waals surface area contributed by atoms with Crippen LogP contribution in [0.1, 0.15) is 33.9 Å². The van der Waals surface area contributed by atoms with Gasteiger partial charge in [-0.2, -0.15) is 0 Å². The van der Waals surface area contributed by atoms with Crippen LogP contribution in [0.3, 0.4) is 0 Å². The highest BCUT2D eigenvalue weighted by atomic mass is 32.2. The number of hydrogen-bond acceptors (Lipinski definition) is 10. The van der Waals surface area contributed by atoms with Crippen LogP contribution in [-0.2, 0) is 19.9 Å². The SMILES string of the molecule is O=C(O)C1=C(S/C=C\c2cccnc2)CS[C@H]2C(NC(=O)C(CO)c3csc(NC(c4ccccc4)(c4ccccc4)c4ccccc4)n3)C(=O)N12. The molecule has 1 saturated heterocycles. The number of aromatic nitrogens is 2. The van der Waals surface area contributed by atoms with Crippen molar-refractivity contribution in [3.63, 3.8) is 0 Å². The van der Waals surface area contributed by atoms with Gasteiger partial charge in [-0.05, 0) is 39.8 Å². The molecule has 2 amide bonds. The van der Waals surface area contributed by atoms with Crippen molar-refractivity contribution in [1.29, 1.82) is 0 Å². The van der Waals surface area contributed by atoms with Crippen molar-refractivity contribution in [2.75, 3.05) is 17.7 Å². The van der Waals surface area contributed by atoms with Crippen LogP contribution in [-0.4, -0.2) is 66.6 Å². The molecule has 2 aliphatic rings. The molecule has 7 rings (SSSR count). The van der Waals surface area contributed by atoms with Crippen molar-refractivity contribution < 1.29 is 24.6 Å². The number of thioether (sulfide) groups is 2. The van der Waals surface area contributed by atoms with Gasteiger partial charge in [0.25, 0.3) is 5.91 Å². The van der Waals surface area contributed by atoms with Crippen molar-refractivity contribution in [3.8, 4) is 0 Å². The Morgan fingerprint density at radius 1 is 0.962 bits per heavy atom. The monoisotopic (exact) mass is 747 g/mol. The van der Waals surface area contributed by atoms with Gasteiger partial charge in [-0.15, -0.1) is 23.1 Å². The van der Waals surface area contributed by atoms with Gasteiger partial charge >= 0.3 is 5.97 Å². The zero-order valence-electron chi connectivity index (χ0n) is 27.5. The summed E-state index contributed by atoms with van der Waals surface area (Å²) in [4.78, 5) is 50.0. The molecule has 0 spiro atoms. The number of aliphatic hydroxyl groups is 1. The molecule has 4 heterocycles. The lowest BCUT2D eigenvalue weighted by Crippen LogP contribution is -2.70. The number of aliphatic hydroxyl groups excluding tert-OH is 1. The normalized spacial score (nSPS) is 17.7. The summed E-state index contributed by atoms with van der Waals surface area (Å²) in [6, 6.07) is 32.9. The van der Waals surface area contributed by atoms with E-state index in [0.717, 1.165) is 22.3 Å². The van der Waals surface area contributed by atoms with E-state index in [0.29, 0.717) is 21.5 Å². The van der Waals surface area contributed by atoms with Gasteiger partial charge in [0.05, 0.1) is 12.3 Å². The Kier molecular flexibility index (Phi) is 10.5. The number of pyridine rings is 1. The Morgan fingerprint density at radius 2 is 1.60 bits per heavy atom. The molecule has 4 N–H and O–H groups in total. The first-order chi connectivity index (χ1) is 25.4. The fraction of sp³-hybridized carbons (Fsp3) is 0.154. The topological polar surface area (TPSA) is 145 Å². The molecule has 0 aliphatic carbocycles. The number of carbonyl (C=O) groups is 3. The fourth-order valence-corrected chi connectivity index (χ4v) is 9.54. The number of carboxylic acid groups (broad SMARTS) is 1. The van der Waals surface area contributed by atoms with Crippen LogP contribution in [0.5, 0.6) is 0 Å². The summed E-state index contributed by atoms with van der Waals surface area (Å²) < 4.78 is 0. The number of hydrogen-bond donors (Lipinski definition) is 4. The summed E-state index contributed by atoms with van der Waals surface area (Å²) in [6.07, 6.45) is 5.18. The summed E-state index contributed by atoms with van der Waals surface area (Å²) in [5.41, 5.74) is 3.24. The molecule has 3 atom stereocenters. The smallest absolute Gasteiger partial charge is 0.353 e. The van der Waals surface area contributed by atoms with Crippen molar-refractivity contribution in [3.05, 3.63) is 165 Å². The highest BCUT2D eigenvalue weighted by molar-refractivity contribution is 8.08. The van der Waals surface area contributed by atoms with Crippen LogP contribution < -0.4 is 10.6 Å². The van der Waals surface area contributed by atoms with E-state index in [2.05, 4.69) is 52.0 Å². The second-order valence-electron chi connectivity index (χ2n) is 12.0. The quantitative estimate of drug-likeness (QED) is 0.0822. The second-order valence-corrected chi connectivity index (χ2v) is 14.9. The summed E-state index contributed by atoms with van der Waals surface area (Å²) in [7, 11) is 0. The van der Waals surface area contributed by atoms with E-state index in [9.17, 15) is 24.6 Å². The van der Waals surface area contributed by atoms with Crippen molar-refractivity contribution >= 4 is 63.9 Å². The predicted octanol–water partition coefficient (Wildman–Crippen LogP) is 6.12. The minimum Gasteiger partial charge on any atom is -0.477 e. The fourth-order valence-electron chi connectivity index (χ4n) is 6.36. The van der Waals surface area contributed by atoms with Gasteiger partial charge in [-0.25, -0.2) is 9.78 Å². The Hall–Kier alpha value is -5.21. The molecule has 3 aromatic carbocycles. The minimum atomic E-state index is -1.21. The van der Waals surface area contributed by atoms with Gasteiger partial charge in [0.1, 0.15) is 28.6 Å². The lowest BCUT2D eigenvalue weighted by atomic mass is 9.77. The summed E-state index contributed by atoms with van der Waals surface area (Å²) in [5.74, 6) is -3.01. The van der Waals surface area contributed by atoms with Crippen LogP contribution >= 0.6 is 34.9 Å². The number of carbonyl (C=O) groups excluding carboxylic acids is 2. The molecule has 52 heavy (non-hydrogen) atoms. The van der Waals surface area contributed by atoms with Crippen molar-refractivity contribution in [2.45, 2.75) is 22.9 Å². The first kappa shape index (κ1) is 35.2. The van der Waals surface area contributed by atoms with Gasteiger partial charge in [0.15, 0.2) is 5.13 Å². The van der Waals surface area contributed by atoms with E-state index in [1.165, 1.54) is 39.8 Å². The maximum Gasteiger partial charge on any atom is 0.353 e. The molecular formula is C39H33N5O5S3. The molecule has 262 valence electrons. The van der Waals surface area contributed by atoms with Crippen LogP contribution in [0.4, 0.5) is 5.13 Å². The van der Waals surface area contributed by atoms with Crippen LogP contribution in [0.25, 0.3) is 6.08 Å². The standard InChI is InChI=1S/C39H33N5O5S3/c45-22-29(34(46)42-32-35(47)44-33(37(48)49)31(24-51-36(32)44)50-20-18-25-11-10-19-40-21-25)30-23-52-38(41-30)43-39(26-12-4-1-5-13-26,27-14-6-2-7-15-27)28-16-8-3-9-17-28/h1-21,23,29,32,36,45H,22,24H2,(H,41,43)(H,42,46)(H,48,49)/b20-18-/t29?,32?,36-/m0/s1. The molecule has 0 radical (unpaired) electrons. The Labute approximate surface area is 312 Å². The van der Waals surface area contributed by atoms with Crippen molar-refractivity contribution in [1.82, 2.24) is 20.2 Å². The number of thiazole rings is 1. The molecule has 10 nitrogen and oxygen atoms in total. The maximum absolute atomic E-state index is 13.7. The third-order valence-electron chi connectivity index (χ3n) is 8.88. The Balaban J connectivity index is 1.10. The van der Waals surface area contributed by atoms with E-state index in [4.69, 9.17) is 4.98 Å². The summed E-state index contributed by atoms with van der Waals surface area (Å²) in [5, 5.41) is 30.4. The van der Waals surface area contributed by atoms with Crippen molar-refractivity contribution in [2.24, 2.45) is 0 Å². The highest BCUT2D eigenvalue weighted by Gasteiger charge is 2.54. The van der Waals surface area contributed by atoms with Gasteiger partial charge in [-0.3, -0.25) is 19.5 Å². The number of carboxylic acids is 1. The molecule has 2 aromatic heterocycles. The van der Waals surface area contributed by atoms with Crippen LogP contribution in [0, 0.1) is 0 Å². The Morgan fingerprint density at radius 3 is 2.15 bits per heavy atom. The number of amides is 2. The number of nitrogens with zero attached hydrogens (tertiary/aromatic N) is 3. The molecular weight excluding hydrogens is 715 g/mol. The zero-order valence-corrected chi connectivity index (χ0v) is 30.0. The first-order valence-electron chi connectivity index (χ1n) is 16.4. The van der Waals surface area contributed by atoms with Gasteiger partial charge in [0.2, 0.25) is 5.91 Å². The molecule has 2 aliphatic heterocycles. The number of nitrogens with one attached hydrogen (secondary N) is 2. The van der Waals surface area contributed by atoms with E-state index in [1.54, 1.807) is 29.2 Å². The number of rotatable bonds is 13. The lowest BCUT2D eigenvalue weighted by molar-refractivity contribution is -0.150. The predicted molar refractivity (Wildman–Crippen MR) is 205 cm³/mol. The van der Waals surface area contributed by atoms with E-state index in [1.807, 2.05) is 66.7 Å². The number of fused-ring (bicyclic) bond motifs is 1. The molecule has 0 saturated carbocycles. The first-order valence-corrected chi connectivity index (χ1v) is 19.2. The van der Waals surface area contributed by atoms with Gasteiger partial charge in [-0.1, -0.05) is 109 Å². The number of benzene rings is 3. The average Bonchev–Trinajstić information content (AvgIpc) is 3.65. The Bertz CT molecular complexity index is 2020. The molecule has 13 heteroatoms. The number of β-lactam (4-membered cyclic amide) rings is 1. The minimum absolute atomic E-state index is 0.0901.